The summed E-state index contributed by atoms with van der Waals surface area (Å²) in [4.78, 5) is 0. The molecule has 0 saturated carbocycles. The van der Waals surface area contributed by atoms with Gasteiger partial charge in [-0.2, -0.15) is 0 Å². The molecule has 90 valence electrons. The summed E-state index contributed by atoms with van der Waals surface area (Å²) in [6, 6.07) is 8.23. The molecule has 0 amide bonds. The summed E-state index contributed by atoms with van der Waals surface area (Å²) in [5, 5.41) is 0. The van der Waals surface area contributed by atoms with Gasteiger partial charge >= 0.3 is 0 Å². The van der Waals surface area contributed by atoms with Crippen LogP contribution >= 0.6 is 0 Å². The van der Waals surface area contributed by atoms with Gasteiger partial charge in [-0.3, -0.25) is 0 Å². The summed E-state index contributed by atoms with van der Waals surface area (Å²) < 4.78 is 10.8. The third kappa shape index (κ3) is 2.90. The van der Waals surface area contributed by atoms with Gasteiger partial charge < -0.3 is 9.47 Å². The van der Waals surface area contributed by atoms with Crippen molar-refractivity contribution in [3.05, 3.63) is 47.7 Å². The second kappa shape index (κ2) is 5.58. The predicted molar refractivity (Wildman–Crippen MR) is 69.9 cm³/mol. The maximum absolute atomic E-state index is 5.52. The highest BCUT2D eigenvalue weighted by Crippen LogP contribution is 2.28. The van der Waals surface area contributed by atoms with Crippen LogP contribution in [0.3, 0.4) is 0 Å². The van der Waals surface area contributed by atoms with Crippen molar-refractivity contribution >= 4 is 5.57 Å². The van der Waals surface area contributed by atoms with Crippen molar-refractivity contribution in [1.29, 1.82) is 0 Å². The summed E-state index contributed by atoms with van der Waals surface area (Å²) in [6.07, 6.45) is 6.32. The fourth-order valence-electron chi connectivity index (χ4n) is 1.99. The molecule has 1 aliphatic rings. The first kappa shape index (κ1) is 11.8. The molecule has 0 fully saturated rings. The first-order valence-electron chi connectivity index (χ1n) is 6.01. The Morgan fingerprint density at radius 3 is 2.94 bits per heavy atom. The van der Waals surface area contributed by atoms with E-state index in [4.69, 9.17) is 9.47 Å². The third-order valence-corrected chi connectivity index (χ3v) is 2.83. The lowest BCUT2D eigenvalue weighted by atomic mass is 9.96. The normalized spacial score (nSPS) is 14.9. The molecule has 2 heteroatoms. The topological polar surface area (TPSA) is 18.5 Å². The van der Waals surface area contributed by atoms with Crippen LogP contribution < -0.4 is 4.74 Å². The summed E-state index contributed by atoms with van der Waals surface area (Å²) in [5.74, 6) is 1.88. The van der Waals surface area contributed by atoms with Gasteiger partial charge in [0.2, 0.25) is 0 Å². The van der Waals surface area contributed by atoms with E-state index in [1.807, 2.05) is 19.1 Å². The zero-order valence-corrected chi connectivity index (χ0v) is 10.4. The number of ether oxygens (including phenoxy) is 2. The minimum Gasteiger partial charge on any atom is -0.497 e. The fraction of sp³-hybridized carbons (Fsp3) is 0.333. The Kier molecular flexibility index (Phi) is 3.86. The monoisotopic (exact) mass is 230 g/mol. The van der Waals surface area contributed by atoms with Gasteiger partial charge in [-0.05, 0) is 55.2 Å². The van der Waals surface area contributed by atoms with E-state index in [0.717, 1.165) is 24.4 Å². The minimum atomic E-state index is 0.700. The van der Waals surface area contributed by atoms with Gasteiger partial charge in [0.25, 0.3) is 0 Å². The molecule has 0 aliphatic heterocycles. The molecule has 0 N–H and O–H groups in total. The number of hydrogen-bond donors (Lipinski definition) is 0. The zero-order valence-electron chi connectivity index (χ0n) is 10.4. The van der Waals surface area contributed by atoms with Crippen molar-refractivity contribution in [2.24, 2.45) is 0 Å². The van der Waals surface area contributed by atoms with Gasteiger partial charge in [0.1, 0.15) is 11.5 Å². The van der Waals surface area contributed by atoms with Gasteiger partial charge in [-0.25, -0.2) is 0 Å². The van der Waals surface area contributed by atoms with E-state index < -0.39 is 0 Å². The van der Waals surface area contributed by atoms with Crippen molar-refractivity contribution in [2.45, 2.75) is 19.8 Å². The average Bonchev–Trinajstić information content (AvgIpc) is 2.40. The second-order valence-electron chi connectivity index (χ2n) is 3.98. The lowest BCUT2D eigenvalue weighted by Gasteiger charge is -2.14. The first-order chi connectivity index (χ1) is 8.33. The van der Waals surface area contributed by atoms with E-state index in [1.165, 1.54) is 11.1 Å². The summed E-state index contributed by atoms with van der Waals surface area (Å²) in [7, 11) is 1.71. The minimum absolute atomic E-state index is 0.700. The van der Waals surface area contributed by atoms with Crippen LogP contribution in [0.15, 0.2) is 42.2 Å². The van der Waals surface area contributed by atoms with E-state index in [9.17, 15) is 0 Å². The molecule has 0 unspecified atom stereocenters. The van der Waals surface area contributed by atoms with E-state index in [0.29, 0.717) is 6.61 Å². The predicted octanol–water partition coefficient (Wildman–Crippen LogP) is 3.79. The highest BCUT2D eigenvalue weighted by molar-refractivity contribution is 5.70. The zero-order chi connectivity index (χ0) is 12.1. The smallest absolute Gasteiger partial charge is 0.119 e. The van der Waals surface area contributed by atoms with Crippen LogP contribution in [-0.2, 0) is 4.74 Å². The molecule has 0 bridgehead atoms. The molecule has 0 spiro atoms. The Bertz CT molecular complexity index is 444. The second-order valence-corrected chi connectivity index (χ2v) is 3.98. The lowest BCUT2D eigenvalue weighted by Crippen LogP contribution is -1.96. The Morgan fingerprint density at radius 1 is 1.29 bits per heavy atom. The van der Waals surface area contributed by atoms with Crippen LogP contribution in [0, 0.1) is 0 Å². The highest BCUT2D eigenvalue weighted by atomic mass is 16.5. The van der Waals surface area contributed by atoms with Crippen LogP contribution in [-0.4, -0.2) is 13.7 Å². The molecule has 0 heterocycles. The number of rotatable bonds is 4. The third-order valence-electron chi connectivity index (χ3n) is 2.83. The quantitative estimate of drug-likeness (QED) is 0.783. The van der Waals surface area contributed by atoms with Crippen molar-refractivity contribution < 1.29 is 9.47 Å². The largest absolute Gasteiger partial charge is 0.497 e. The Balaban J connectivity index is 2.25. The van der Waals surface area contributed by atoms with Crippen LogP contribution in [0.5, 0.6) is 5.75 Å². The van der Waals surface area contributed by atoms with E-state index >= 15 is 0 Å². The van der Waals surface area contributed by atoms with E-state index in [2.05, 4.69) is 24.3 Å². The average molecular weight is 230 g/mol. The van der Waals surface area contributed by atoms with E-state index in [-0.39, 0.29) is 0 Å². The molecule has 0 aromatic heterocycles. The maximum atomic E-state index is 5.52. The molecule has 1 aromatic carbocycles. The molecule has 1 aliphatic carbocycles. The molecule has 0 atom stereocenters. The summed E-state index contributed by atoms with van der Waals surface area (Å²) in [5.41, 5.74) is 2.53. The highest BCUT2D eigenvalue weighted by Gasteiger charge is 2.08. The molecule has 0 radical (unpaired) electrons. The Hall–Kier alpha value is -1.70. The number of methoxy groups -OCH3 is 1. The van der Waals surface area contributed by atoms with Crippen LogP contribution in [0.25, 0.3) is 5.57 Å². The van der Waals surface area contributed by atoms with E-state index in [1.54, 1.807) is 7.11 Å². The van der Waals surface area contributed by atoms with Gasteiger partial charge in [0.15, 0.2) is 0 Å². The van der Waals surface area contributed by atoms with Crippen molar-refractivity contribution in [3.8, 4) is 5.75 Å². The Labute approximate surface area is 103 Å². The SMILES string of the molecule is CCOc1cccc(C2=CC(OC)=CCC2)c1. The maximum Gasteiger partial charge on any atom is 0.119 e. The van der Waals surface area contributed by atoms with Crippen molar-refractivity contribution in [2.75, 3.05) is 13.7 Å². The number of allylic oxidation sites excluding steroid dienone is 3. The standard InChI is InChI=1S/C15H18O2/c1-3-17-15-9-5-7-13(11-15)12-6-4-8-14(10-12)16-2/h5,7-11H,3-4,6H2,1-2H3. The van der Waals surface area contributed by atoms with Crippen LogP contribution in [0.1, 0.15) is 25.3 Å². The summed E-state index contributed by atoms with van der Waals surface area (Å²) in [6.45, 7) is 2.70. The van der Waals surface area contributed by atoms with Crippen molar-refractivity contribution in [3.63, 3.8) is 0 Å². The summed E-state index contributed by atoms with van der Waals surface area (Å²) >= 11 is 0. The molecule has 2 rings (SSSR count). The molecular weight excluding hydrogens is 212 g/mol. The van der Waals surface area contributed by atoms with Crippen molar-refractivity contribution in [1.82, 2.24) is 0 Å². The molecular formula is C15H18O2. The Morgan fingerprint density at radius 2 is 2.18 bits per heavy atom. The molecule has 1 aromatic rings. The van der Waals surface area contributed by atoms with Crippen LogP contribution in [0.4, 0.5) is 0 Å². The fourth-order valence-corrected chi connectivity index (χ4v) is 1.99. The van der Waals surface area contributed by atoms with Crippen LogP contribution in [0.2, 0.25) is 0 Å². The first-order valence-corrected chi connectivity index (χ1v) is 6.01. The lowest BCUT2D eigenvalue weighted by molar-refractivity contribution is 0.304. The molecule has 0 saturated heterocycles. The number of hydrogen-bond acceptors (Lipinski definition) is 2. The number of benzene rings is 1. The van der Waals surface area contributed by atoms with Gasteiger partial charge in [-0.15, -0.1) is 0 Å². The van der Waals surface area contributed by atoms with Gasteiger partial charge in [0.05, 0.1) is 13.7 Å². The molecule has 2 nitrogen and oxygen atoms in total. The van der Waals surface area contributed by atoms with Gasteiger partial charge in [0, 0.05) is 0 Å². The molecule has 17 heavy (non-hydrogen) atoms. The van der Waals surface area contributed by atoms with Gasteiger partial charge in [-0.1, -0.05) is 12.1 Å².